The van der Waals surface area contributed by atoms with E-state index in [1.165, 1.54) is 0 Å². The van der Waals surface area contributed by atoms with Crippen LogP contribution >= 0.6 is 12.4 Å². The minimum atomic E-state index is 0. The maximum Gasteiger partial charge on any atom is 0.0919 e. The molecule has 0 saturated heterocycles. The molecule has 1 aromatic heterocycles. The Morgan fingerprint density at radius 1 is 1.43 bits per heavy atom. The molecule has 0 saturated carbocycles. The van der Waals surface area contributed by atoms with Gasteiger partial charge in [-0.15, -0.1) is 12.4 Å². The van der Waals surface area contributed by atoms with Crippen molar-refractivity contribution in [1.29, 1.82) is 0 Å². The molecule has 0 radical (unpaired) electrons. The quantitative estimate of drug-likeness (QED) is 0.592. The zero-order valence-corrected chi connectivity index (χ0v) is 5.59. The Morgan fingerprint density at radius 2 is 2.14 bits per heavy atom. The van der Waals surface area contributed by atoms with Gasteiger partial charge in [-0.25, -0.2) is 4.98 Å². The number of hydrogen-bond donors (Lipinski definition) is 1. The molecule has 1 aromatic rings. The van der Waals surface area contributed by atoms with Gasteiger partial charge in [0, 0.05) is 29.8 Å². The van der Waals surface area contributed by atoms with E-state index in [4.69, 9.17) is 0 Å². The SMILES string of the molecule is Cl.[Cr].c1c[nH]cn1. The van der Waals surface area contributed by atoms with Crippen molar-refractivity contribution < 1.29 is 17.4 Å². The normalized spacial score (nSPS) is 5.71. The summed E-state index contributed by atoms with van der Waals surface area (Å²) >= 11 is 0. The van der Waals surface area contributed by atoms with Crippen LogP contribution in [-0.2, 0) is 17.4 Å². The van der Waals surface area contributed by atoms with E-state index in [1.807, 2.05) is 0 Å². The van der Waals surface area contributed by atoms with Gasteiger partial charge in [-0.1, -0.05) is 0 Å². The van der Waals surface area contributed by atoms with Gasteiger partial charge in [0.1, 0.15) is 0 Å². The molecule has 0 spiro atoms. The summed E-state index contributed by atoms with van der Waals surface area (Å²) in [5, 5.41) is 0. The average Bonchev–Trinajstić information content (AvgIpc) is 1.76. The van der Waals surface area contributed by atoms with Gasteiger partial charge in [-0.05, 0) is 0 Å². The summed E-state index contributed by atoms with van der Waals surface area (Å²) < 4.78 is 0. The fourth-order valence-corrected chi connectivity index (χ4v) is 0.215. The molecule has 1 rings (SSSR count). The third kappa shape index (κ3) is 3.87. The molecule has 0 bridgehead atoms. The summed E-state index contributed by atoms with van der Waals surface area (Å²) in [5.74, 6) is 0. The number of nitrogens with one attached hydrogen (secondary N) is 1. The molecule has 2 nitrogen and oxygen atoms in total. The topological polar surface area (TPSA) is 28.7 Å². The van der Waals surface area contributed by atoms with Gasteiger partial charge in [0.2, 0.25) is 0 Å². The van der Waals surface area contributed by atoms with Gasteiger partial charge < -0.3 is 4.98 Å². The van der Waals surface area contributed by atoms with Gasteiger partial charge in [0.05, 0.1) is 6.33 Å². The molecule has 0 aliphatic rings. The van der Waals surface area contributed by atoms with E-state index in [1.54, 1.807) is 18.7 Å². The summed E-state index contributed by atoms with van der Waals surface area (Å²) in [6.07, 6.45) is 5.08. The monoisotopic (exact) mass is 156 g/mol. The van der Waals surface area contributed by atoms with E-state index in [9.17, 15) is 0 Å². The number of imidazole rings is 1. The molecule has 0 fully saturated rings. The van der Waals surface area contributed by atoms with Crippen LogP contribution in [0.4, 0.5) is 0 Å². The zero-order valence-electron chi connectivity index (χ0n) is 3.50. The van der Waals surface area contributed by atoms with Gasteiger partial charge in [0.25, 0.3) is 0 Å². The van der Waals surface area contributed by atoms with Crippen LogP contribution in [0.5, 0.6) is 0 Å². The van der Waals surface area contributed by atoms with Gasteiger partial charge in [0.15, 0.2) is 0 Å². The van der Waals surface area contributed by atoms with Crippen molar-refractivity contribution in [3.63, 3.8) is 0 Å². The molecule has 0 atom stereocenters. The van der Waals surface area contributed by atoms with Crippen molar-refractivity contribution in [3.8, 4) is 0 Å². The van der Waals surface area contributed by atoms with Crippen LogP contribution in [0.25, 0.3) is 0 Å². The Kier molecular flexibility index (Phi) is 8.71. The molecular formula is C3H5ClCrN2. The van der Waals surface area contributed by atoms with Crippen LogP contribution in [0.3, 0.4) is 0 Å². The average molecular weight is 157 g/mol. The number of aromatic amines is 1. The molecule has 40 valence electrons. The van der Waals surface area contributed by atoms with Crippen LogP contribution in [0.1, 0.15) is 0 Å². The second-order valence-electron chi connectivity index (χ2n) is 0.761. The Morgan fingerprint density at radius 3 is 2.29 bits per heavy atom. The molecule has 7 heavy (non-hydrogen) atoms. The summed E-state index contributed by atoms with van der Waals surface area (Å²) in [5.41, 5.74) is 0. The second-order valence-corrected chi connectivity index (χ2v) is 0.761. The summed E-state index contributed by atoms with van der Waals surface area (Å²) in [6, 6.07) is 0. The number of H-pyrrole nitrogens is 1. The predicted molar refractivity (Wildman–Crippen MR) is 25.8 cm³/mol. The third-order valence-corrected chi connectivity index (χ3v) is 0.406. The molecule has 0 aliphatic heterocycles. The van der Waals surface area contributed by atoms with Gasteiger partial charge in [-0.2, -0.15) is 0 Å². The second kappa shape index (κ2) is 6.03. The minimum absolute atomic E-state index is 0. The minimum Gasteiger partial charge on any atom is -0.351 e. The number of nitrogens with zero attached hydrogens (tertiary/aromatic N) is 1. The molecular weight excluding hydrogens is 151 g/mol. The summed E-state index contributed by atoms with van der Waals surface area (Å²) in [6.45, 7) is 0. The summed E-state index contributed by atoms with van der Waals surface area (Å²) in [4.78, 5) is 6.42. The van der Waals surface area contributed by atoms with E-state index in [0.717, 1.165) is 0 Å². The van der Waals surface area contributed by atoms with E-state index in [0.29, 0.717) is 0 Å². The van der Waals surface area contributed by atoms with Crippen molar-refractivity contribution in [2.24, 2.45) is 0 Å². The first-order chi connectivity index (χ1) is 2.50. The Bertz CT molecular complexity index is 69.4. The fourth-order valence-electron chi connectivity index (χ4n) is 0.215. The summed E-state index contributed by atoms with van der Waals surface area (Å²) in [7, 11) is 0. The predicted octanol–water partition coefficient (Wildman–Crippen LogP) is 0.829. The first-order valence-corrected chi connectivity index (χ1v) is 1.43. The van der Waals surface area contributed by atoms with Crippen LogP contribution < -0.4 is 0 Å². The van der Waals surface area contributed by atoms with Crippen LogP contribution in [0.15, 0.2) is 18.7 Å². The number of hydrogen-bond acceptors (Lipinski definition) is 1. The van der Waals surface area contributed by atoms with Crippen molar-refractivity contribution in [2.45, 2.75) is 0 Å². The van der Waals surface area contributed by atoms with Crippen LogP contribution in [0.2, 0.25) is 0 Å². The molecule has 0 amide bonds. The van der Waals surface area contributed by atoms with Crippen molar-refractivity contribution in [3.05, 3.63) is 18.7 Å². The molecule has 0 unspecified atom stereocenters. The van der Waals surface area contributed by atoms with Crippen molar-refractivity contribution in [1.82, 2.24) is 9.97 Å². The van der Waals surface area contributed by atoms with E-state index in [-0.39, 0.29) is 29.8 Å². The number of rotatable bonds is 0. The maximum absolute atomic E-state index is 3.67. The third-order valence-electron chi connectivity index (χ3n) is 0.406. The molecule has 1 heterocycles. The zero-order chi connectivity index (χ0) is 3.54. The maximum atomic E-state index is 3.67. The fraction of sp³-hybridized carbons (Fsp3) is 0. The van der Waals surface area contributed by atoms with Gasteiger partial charge in [-0.3, -0.25) is 0 Å². The van der Waals surface area contributed by atoms with E-state index < -0.39 is 0 Å². The van der Waals surface area contributed by atoms with E-state index in [2.05, 4.69) is 9.97 Å². The Labute approximate surface area is 58.9 Å². The van der Waals surface area contributed by atoms with Crippen molar-refractivity contribution in [2.75, 3.05) is 0 Å². The molecule has 0 aromatic carbocycles. The Hall–Kier alpha value is 0.0325. The smallest absolute Gasteiger partial charge is 0.0919 e. The largest absolute Gasteiger partial charge is 0.351 e. The van der Waals surface area contributed by atoms with Crippen LogP contribution in [0, 0.1) is 0 Å². The molecule has 4 heteroatoms. The number of aromatic nitrogens is 2. The van der Waals surface area contributed by atoms with Gasteiger partial charge >= 0.3 is 0 Å². The first kappa shape index (κ1) is 10.1. The van der Waals surface area contributed by atoms with Crippen molar-refractivity contribution >= 4 is 12.4 Å². The standard InChI is InChI=1S/C3H4N2.ClH.Cr/c1-2-5-3-4-1;;/h1-3H,(H,4,5);1H;. The van der Waals surface area contributed by atoms with E-state index >= 15 is 0 Å². The number of halogens is 1. The van der Waals surface area contributed by atoms with Crippen LogP contribution in [-0.4, -0.2) is 9.97 Å². The first-order valence-electron chi connectivity index (χ1n) is 1.43. The molecule has 0 aliphatic carbocycles. The Balaban J connectivity index is 0. The molecule has 1 N–H and O–H groups in total.